The maximum atomic E-state index is 14.7. The third kappa shape index (κ3) is 4.45. The third-order valence-corrected chi connectivity index (χ3v) is 5.50. The number of hydrogen-bond acceptors (Lipinski definition) is 4. The number of halogens is 1. The molecule has 2 aromatic carbocycles. The first-order chi connectivity index (χ1) is 14.6. The molecule has 1 amide bonds. The van der Waals surface area contributed by atoms with E-state index in [9.17, 15) is 14.0 Å². The smallest absolute Gasteiger partial charge is 0.224 e. The molecule has 0 unspecified atom stereocenters. The molecule has 0 radical (unpaired) electrons. The average molecular weight is 406 g/mol. The van der Waals surface area contributed by atoms with Crippen LogP contribution in [0.4, 0.5) is 4.39 Å². The van der Waals surface area contributed by atoms with Crippen molar-refractivity contribution in [2.45, 2.75) is 25.8 Å². The molecular formula is C23H23FN4O2. The van der Waals surface area contributed by atoms with Crippen LogP contribution < -0.4 is 0 Å². The maximum absolute atomic E-state index is 14.7. The van der Waals surface area contributed by atoms with E-state index in [-0.39, 0.29) is 17.6 Å². The van der Waals surface area contributed by atoms with Gasteiger partial charge in [-0.15, -0.1) is 0 Å². The van der Waals surface area contributed by atoms with E-state index < -0.39 is 5.82 Å². The third-order valence-electron chi connectivity index (χ3n) is 5.50. The molecule has 4 rings (SSSR count). The average Bonchev–Trinajstić information content (AvgIpc) is 3.31. The number of aromatic nitrogens is 3. The molecule has 0 bridgehead atoms. The summed E-state index contributed by atoms with van der Waals surface area (Å²) in [5.41, 5.74) is 1.60. The van der Waals surface area contributed by atoms with Crippen LogP contribution in [0, 0.1) is 11.7 Å². The van der Waals surface area contributed by atoms with Gasteiger partial charge in [0, 0.05) is 36.6 Å². The van der Waals surface area contributed by atoms with Gasteiger partial charge in [0.05, 0.1) is 6.54 Å². The summed E-state index contributed by atoms with van der Waals surface area (Å²) in [5, 5.41) is 4.00. The number of hydrogen-bond donors (Lipinski definition) is 0. The Bertz CT molecular complexity index is 1020. The molecule has 1 saturated heterocycles. The first-order valence-corrected chi connectivity index (χ1v) is 10.1. The van der Waals surface area contributed by atoms with Crippen LogP contribution in [0.2, 0.25) is 0 Å². The van der Waals surface area contributed by atoms with Crippen molar-refractivity contribution in [3.63, 3.8) is 0 Å². The van der Waals surface area contributed by atoms with E-state index in [0.717, 1.165) is 12.0 Å². The number of amides is 1. The summed E-state index contributed by atoms with van der Waals surface area (Å²) in [6.07, 6.45) is 4.78. The lowest BCUT2D eigenvalue weighted by Crippen LogP contribution is -2.42. The van der Waals surface area contributed by atoms with E-state index >= 15 is 0 Å². The Morgan fingerprint density at radius 3 is 2.70 bits per heavy atom. The topological polar surface area (TPSA) is 68.1 Å². The van der Waals surface area contributed by atoms with Gasteiger partial charge in [-0.05, 0) is 24.5 Å². The van der Waals surface area contributed by atoms with E-state index in [1.165, 1.54) is 12.4 Å². The van der Waals surface area contributed by atoms with Gasteiger partial charge in [0.2, 0.25) is 5.91 Å². The van der Waals surface area contributed by atoms with E-state index in [1.54, 1.807) is 28.0 Å². The second-order valence-corrected chi connectivity index (χ2v) is 7.51. The Morgan fingerprint density at radius 1 is 1.13 bits per heavy atom. The molecule has 1 fully saturated rings. The number of carbonyl (C=O) groups is 2. The highest BCUT2D eigenvalue weighted by atomic mass is 19.1. The van der Waals surface area contributed by atoms with E-state index in [0.29, 0.717) is 43.6 Å². The number of nitrogens with zero attached hydrogens (tertiary/aromatic N) is 4. The van der Waals surface area contributed by atoms with Crippen LogP contribution >= 0.6 is 0 Å². The van der Waals surface area contributed by atoms with Crippen LogP contribution in [0.25, 0.3) is 11.1 Å². The fraction of sp³-hybridized carbons (Fsp3) is 0.304. The van der Waals surface area contributed by atoms with Crippen LogP contribution in [-0.4, -0.2) is 44.4 Å². The lowest BCUT2D eigenvalue weighted by Gasteiger charge is -2.32. The second-order valence-electron chi connectivity index (χ2n) is 7.51. The predicted molar refractivity (Wildman–Crippen MR) is 110 cm³/mol. The van der Waals surface area contributed by atoms with Gasteiger partial charge in [0.25, 0.3) is 0 Å². The number of aryl methyl sites for hydroxylation is 1. The van der Waals surface area contributed by atoms with Crippen molar-refractivity contribution < 1.29 is 14.0 Å². The Balaban J connectivity index is 1.41. The van der Waals surface area contributed by atoms with Crippen LogP contribution in [0.5, 0.6) is 0 Å². The molecule has 3 aromatic rings. The Morgan fingerprint density at radius 2 is 1.97 bits per heavy atom. The number of Topliss-reactive ketones (excluding diaryl/α,β-unsaturated/α-hetero) is 1. The van der Waals surface area contributed by atoms with Crippen molar-refractivity contribution in [3.8, 4) is 11.1 Å². The van der Waals surface area contributed by atoms with Gasteiger partial charge in [-0.1, -0.05) is 42.5 Å². The summed E-state index contributed by atoms with van der Waals surface area (Å²) < 4.78 is 16.3. The minimum Gasteiger partial charge on any atom is -0.342 e. The molecule has 2 heterocycles. The van der Waals surface area contributed by atoms with Gasteiger partial charge in [-0.25, -0.2) is 9.37 Å². The maximum Gasteiger partial charge on any atom is 0.224 e. The number of piperidine rings is 1. The molecule has 0 saturated carbocycles. The van der Waals surface area contributed by atoms with Crippen LogP contribution in [-0.2, 0) is 11.3 Å². The number of benzene rings is 2. The monoisotopic (exact) mass is 406 g/mol. The highest BCUT2D eigenvalue weighted by Gasteiger charge is 2.29. The number of likely N-dealkylation sites (tertiary alicyclic amines) is 1. The van der Waals surface area contributed by atoms with Crippen molar-refractivity contribution in [1.29, 1.82) is 0 Å². The summed E-state index contributed by atoms with van der Waals surface area (Å²) >= 11 is 0. The van der Waals surface area contributed by atoms with E-state index in [1.807, 2.05) is 30.3 Å². The molecule has 1 aromatic heterocycles. The summed E-state index contributed by atoms with van der Waals surface area (Å²) in [6.45, 7) is 1.47. The first kappa shape index (κ1) is 19.9. The summed E-state index contributed by atoms with van der Waals surface area (Å²) in [5.74, 6) is -0.837. The molecule has 7 heteroatoms. The fourth-order valence-corrected chi connectivity index (χ4v) is 3.89. The molecule has 30 heavy (non-hydrogen) atoms. The molecule has 154 valence electrons. The zero-order valence-electron chi connectivity index (χ0n) is 16.6. The number of carbonyl (C=O) groups excluding carboxylic acids is 2. The van der Waals surface area contributed by atoms with Gasteiger partial charge in [0.15, 0.2) is 5.78 Å². The first-order valence-electron chi connectivity index (χ1n) is 10.1. The van der Waals surface area contributed by atoms with Crippen LogP contribution in [0.1, 0.15) is 29.6 Å². The van der Waals surface area contributed by atoms with Crippen molar-refractivity contribution in [1.82, 2.24) is 19.7 Å². The summed E-state index contributed by atoms with van der Waals surface area (Å²) in [4.78, 5) is 31.1. The molecule has 0 aliphatic carbocycles. The molecule has 6 nitrogen and oxygen atoms in total. The van der Waals surface area contributed by atoms with Gasteiger partial charge >= 0.3 is 0 Å². The lowest BCUT2D eigenvalue weighted by atomic mass is 9.89. The standard InChI is InChI=1S/C23H23FN4O2/c24-21-13-18(8-9-20(21)17-5-2-1-3-6-17)23(30)19-7-4-11-27(14-19)22(29)10-12-28-16-25-15-26-28/h1-3,5-6,8-9,13,15-16,19H,4,7,10-12,14H2/t19-/m0/s1. The highest BCUT2D eigenvalue weighted by Crippen LogP contribution is 2.26. The van der Waals surface area contributed by atoms with E-state index in [4.69, 9.17) is 0 Å². The zero-order chi connectivity index (χ0) is 20.9. The summed E-state index contributed by atoms with van der Waals surface area (Å²) in [6, 6.07) is 13.9. The van der Waals surface area contributed by atoms with Gasteiger partial charge in [-0.3, -0.25) is 14.3 Å². The quantitative estimate of drug-likeness (QED) is 0.587. The molecule has 0 N–H and O–H groups in total. The van der Waals surface area contributed by atoms with Crippen molar-refractivity contribution in [2.75, 3.05) is 13.1 Å². The Labute approximate surface area is 174 Å². The predicted octanol–water partition coefficient (Wildman–Crippen LogP) is 3.60. The second kappa shape index (κ2) is 8.98. The van der Waals surface area contributed by atoms with Crippen molar-refractivity contribution in [2.24, 2.45) is 5.92 Å². The van der Waals surface area contributed by atoms with Gasteiger partial charge in [-0.2, -0.15) is 5.10 Å². The minimum absolute atomic E-state index is 0.00592. The molecular weight excluding hydrogens is 383 g/mol. The molecule has 0 spiro atoms. The zero-order valence-corrected chi connectivity index (χ0v) is 16.6. The highest BCUT2D eigenvalue weighted by molar-refractivity contribution is 5.98. The van der Waals surface area contributed by atoms with Crippen LogP contribution in [0.3, 0.4) is 0 Å². The number of rotatable bonds is 6. The largest absolute Gasteiger partial charge is 0.342 e. The normalized spacial score (nSPS) is 16.4. The van der Waals surface area contributed by atoms with Gasteiger partial charge in [0.1, 0.15) is 18.5 Å². The Kier molecular flexibility index (Phi) is 5.97. The Hall–Kier alpha value is -3.35. The van der Waals surface area contributed by atoms with Crippen molar-refractivity contribution >= 4 is 11.7 Å². The molecule has 1 aliphatic heterocycles. The lowest BCUT2D eigenvalue weighted by molar-refractivity contribution is -0.132. The minimum atomic E-state index is -0.413. The van der Waals surface area contributed by atoms with Crippen molar-refractivity contribution in [3.05, 3.63) is 72.6 Å². The molecule has 1 aliphatic rings. The van der Waals surface area contributed by atoms with E-state index in [2.05, 4.69) is 10.1 Å². The molecule has 1 atom stereocenters. The fourth-order valence-electron chi connectivity index (χ4n) is 3.89. The summed E-state index contributed by atoms with van der Waals surface area (Å²) in [7, 11) is 0. The van der Waals surface area contributed by atoms with Gasteiger partial charge < -0.3 is 4.90 Å². The van der Waals surface area contributed by atoms with Crippen LogP contribution in [0.15, 0.2) is 61.2 Å². The SMILES string of the molecule is O=C(c1ccc(-c2ccccc2)c(F)c1)[C@H]1CCCN(C(=O)CCn2cncn2)C1. The number of ketones is 1.